The van der Waals surface area contributed by atoms with E-state index in [4.69, 9.17) is 17.3 Å². The van der Waals surface area contributed by atoms with Crippen LogP contribution in [0.3, 0.4) is 0 Å². The summed E-state index contributed by atoms with van der Waals surface area (Å²) in [7, 11) is 0. The maximum absolute atomic E-state index is 11.8. The molecule has 1 amide bonds. The van der Waals surface area contributed by atoms with Gasteiger partial charge in [0.1, 0.15) is 0 Å². The molecule has 0 saturated heterocycles. The minimum absolute atomic E-state index is 0.222. The molecule has 3 nitrogen and oxygen atoms in total. The van der Waals surface area contributed by atoms with Gasteiger partial charge in [0.15, 0.2) is 0 Å². The maximum Gasteiger partial charge on any atom is 0.241 e. The third kappa shape index (κ3) is 3.22. The SMILES string of the molecule is CC(C)(C)C(N)C(=O)Nc1ccccc1Cl. The summed E-state index contributed by atoms with van der Waals surface area (Å²) < 4.78 is 0. The predicted octanol–water partition coefficient (Wildman–Crippen LogP) is 2.65. The highest BCUT2D eigenvalue weighted by molar-refractivity contribution is 6.33. The van der Waals surface area contributed by atoms with Gasteiger partial charge in [-0.25, -0.2) is 0 Å². The standard InChI is InChI=1S/C12H17ClN2O/c1-12(2,3)10(14)11(16)15-9-7-5-4-6-8(9)13/h4-7,10H,14H2,1-3H3,(H,15,16). The molecule has 0 aliphatic rings. The molecule has 4 heteroatoms. The number of anilines is 1. The Hall–Kier alpha value is -1.06. The Morgan fingerprint density at radius 3 is 2.44 bits per heavy atom. The number of rotatable bonds is 2. The zero-order chi connectivity index (χ0) is 12.3. The monoisotopic (exact) mass is 240 g/mol. The number of halogens is 1. The fourth-order valence-corrected chi connectivity index (χ4v) is 1.35. The van der Waals surface area contributed by atoms with E-state index in [1.165, 1.54) is 0 Å². The lowest BCUT2D eigenvalue weighted by Crippen LogP contribution is -2.45. The quantitative estimate of drug-likeness (QED) is 0.835. The van der Waals surface area contributed by atoms with E-state index in [9.17, 15) is 4.79 Å². The summed E-state index contributed by atoms with van der Waals surface area (Å²) in [5.74, 6) is -0.222. The lowest BCUT2D eigenvalue weighted by Gasteiger charge is -2.25. The number of nitrogens with two attached hydrogens (primary N) is 1. The fraction of sp³-hybridized carbons (Fsp3) is 0.417. The van der Waals surface area contributed by atoms with Crippen LogP contribution in [-0.4, -0.2) is 11.9 Å². The molecule has 1 aromatic carbocycles. The zero-order valence-corrected chi connectivity index (χ0v) is 10.5. The van der Waals surface area contributed by atoms with Gasteiger partial charge >= 0.3 is 0 Å². The van der Waals surface area contributed by atoms with Crippen LogP contribution in [0.5, 0.6) is 0 Å². The Morgan fingerprint density at radius 1 is 1.38 bits per heavy atom. The Labute approximate surface area is 101 Å². The van der Waals surface area contributed by atoms with Crippen molar-refractivity contribution in [3.8, 4) is 0 Å². The molecule has 0 heterocycles. The highest BCUT2D eigenvalue weighted by Gasteiger charge is 2.27. The Kier molecular flexibility index (Phi) is 3.94. The average Bonchev–Trinajstić information content (AvgIpc) is 2.19. The number of amides is 1. The van der Waals surface area contributed by atoms with E-state index in [1.807, 2.05) is 32.9 Å². The summed E-state index contributed by atoms with van der Waals surface area (Å²) in [4.78, 5) is 11.8. The first-order valence-corrected chi connectivity index (χ1v) is 5.51. The summed E-state index contributed by atoms with van der Waals surface area (Å²) in [6.07, 6.45) is 0. The number of para-hydroxylation sites is 1. The predicted molar refractivity (Wildman–Crippen MR) is 67.5 cm³/mol. The second kappa shape index (κ2) is 4.85. The molecule has 0 bridgehead atoms. The Bertz CT molecular complexity index is 385. The summed E-state index contributed by atoms with van der Waals surface area (Å²) in [5, 5.41) is 3.23. The van der Waals surface area contributed by atoms with E-state index in [0.29, 0.717) is 10.7 Å². The zero-order valence-electron chi connectivity index (χ0n) is 9.75. The van der Waals surface area contributed by atoms with Gasteiger partial charge in [-0.05, 0) is 17.5 Å². The van der Waals surface area contributed by atoms with Crippen LogP contribution in [-0.2, 0) is 4.79 Å². The van der Waals surface area contributed by atoms with Crippen molar-refractivity contribution in [2.75, 3.05) is 5.32 Å². The van der Waals surface area contributed by atoms with Gasteiger partial charge in [-0.1, -0.05) is 44.5 Å². The molecule has 1 rings (SSSR count). The van der Waals surface area contributed by atoms with Gasteiger partial charge in [-0.3, -0.25) is 4.79 Å². The third-order valence-corrected chi connectivity index (χ3v) is 2.68. The number of carbonyl (C=O) groups excluding carboxylic acids is 1. The van der Waals surface area contributed by atoms with Crippen LogP contribution in [0.2, 0.25) is 5.02 Å². The van der Waals surface area contributed by atoms with Gasteiger partial charge in [-0.15, -0.1) is 0 Å². The average molecular weight is 241 g/mol. The highest BCUT2D eigenvalue weighted by Crippen LogP contribution is 2.23. The van der Waals surface area contributed by atoms with Crippen LogP contribution in [0.15, 0.2) is 24.3 Å². The summed E-state index contributed by atoms with van der Waals surface area (Å²) >= 11 is 5.93. The smallest absolute Gasteiger partial charge is 0.241 e. The molecule has 1 aromatic rings. The third-order valence-electron chi connectivity index (χ3n) is 2.35. The first-order valence-electron chi connectivity index (χ1n) is 5.13. The van der Waals surface area contributed by atoms with E-state index in [0.717, 1.165) is 0 Å². The number of nitrogens with one attached hydrogen (secondary N) is 1. The molecule has 0 aliphatic heterocycles. The number of carbonyl (C=O) groups is 1. The fourth-order valence-electron chi connectivity index (χ4n) is 1.17. The first-order chi connectivity index (χ1) is 7.32. The molecule has 0 aromatic heterocycles. The summed E-state index contributed by atoms with van der Waals surface area (Å²) in [6, 6.07) is 6.52. The van der Waals surface area contributed by atoms with E-state index in [2.05, 4.69) is 5.32 Å². The maximum atomic E-state index is 11.8. The van der Waals surface area contributed by atoms with Crippen LogP contribution in [0.25, 0.3) is 0 Å². The molecular formula is C12H17ClN2O. The largest absolute Gasteiger partial charge is 0.323 e. The Balaban J connectivity index is 2.76. The molecule has 3 N–H and O–H groups in total. The van der Waals surface area contributed by atoms with Crippen LogP contribution in [0, 0.1) is 5.41 Å². The summed E-state index contributed by atoms with van der Waals surface area (Å²) in [5.41, 5.74) is 6.16. The second-order valence-electron chi connectivity index (χ2n) is 4.81. The van der Waals surface area contributed by atoms with Crippen molar-refractivity contribution in [1.29, 1.82) is 0 Å². The lowest BCUT2D eigenvalue weighted by atomic mass is 9.87. The van der Waals surface area contributed by atoms with Crippen LogP contribution in [0.1, 0.15) is 20.8 Å². The van der Waals surface area contributed by atoms with E-state index < -0.39 is 6.04 Å². The molecule has 1 atom stereocenters. The summed E-state index contributed by atoms with van der Waals surface area (Å²) in [6.45, 7) is 5.76. The van der Waals surface area contributed by atoms with Crippen LogP contribution >= 0.6 is 11.6 Å². The topological polar surface area (TPSA) is 55.1 Å². The molecule has 16 heavy (non-hydrogen) atoms. The molecule has 88 valence electrons. The first kappa shape index (κ1) is 13.0. The van der Waals surface area contributed by atoms with Crippen molar-refractivity contribution in [3.05, 3.63) is 29.3 Å². The lowest BCUT2D eigenvalue weighted by molar-refractivity contribution is -0.119. The van der Waals surface area contributed by atoms with Gasteiger partial charge in [-0.2, -0.15) is 0 Å². The normalized spacial score (nSPS) is 13.3. The second-order valence-corrected chi connectivity index (χ2v) is 5.22. The van der Waals surface area contributed by atoms with E-state index >= 15 is 0 Å². The molecule has 1 unspecified atom stereocenters. The minimum atomic E-state index is -0.566. The molecule has 0 aliphatic carbocycles. The molecule has 0 radical (unpaired) electrons. The van der Waals surface area contributed by atoms with Gasteiger partial charge in [0.05, 0.1) is 16.8 Å². The van der Waals surface area contributed by atoms with Crippen molar-refractivity contribution in [3.63, 3.8) is 0 Å². The van der Waals surface area contributed by atoms with Crippen LogP contribution in [0.4, 0.5) is 5.69 Å². The highest BCUT2D eigenvalue weighted by atomic mass is 35.5. The molecule has 0 spiro atoms. The van der Waals surface area contributed by atoms with E-state index in [1.54, 1.807) is 12.1 Å². The number of benzene rings is 1. The van der Waals surface area contributed by atoms with Crippen molar-refractivity contribution in [2.45, 2.75) is 26.8 Å². The van der Waals surface area contributed by atoms with Gasteiger partial charge in [0.2, 0.25) is 5.91 Å². The van der Waals surface area contributed by atoms with Crippen molar-refractivity contribution in [2.24, 2.45) is 11.1 Å². The molecule has 0 fully saturated rings. The van der Waals surface area contributed by atoms with Gasteiger partial charge in [0, 0.05) is 0 Å². The minimum Gasteiger partial charge on any atom is -0.323 e. The Morgan fingerprint density at radius 2 is 1.94 bits per heavy atom. The van der Waals surface area contributed by atoms with Crippen molar-refractivity contribution in [1.82, 2.24) is 0 Å². The number of hydrogen-bond donors (Lipinski definition) is 2. The van der Waals surface area contributed by atoms with Crippen molar-refractivity contribution >= 4 is 23.2 Å². The van der Waals surface area contributed by atoms with E-state index in [-0.39, 0.29) is 11.3 Å². The van der Waals surface area contributed by atoms with Crippen molar-refractivity contribution < 1.29 is 4.79 Å². The molecular weight excluding hydrogens is 224 g/mol. The van der Waals surface area contributed by atoms with Gasteiger partial charge < -0.3 is 11.1 Å². The molecule has 0 saturated carbocycles. The van der Waals surface area contributed by atoms with Crippen LogP contribution < -0.4 is 11.1 Å². The van der Waals surface area contributed by atoms with Gasteiger partial charge in [0.25, 0.3) is 0 Å². The number of hydrogen-bond acceptors (Lipinski definition) is 2.